The predicted octanol–water partition coefficient (Wildman–Crippen LogP) is 1.04. The van der Waals surface area contributed by atoms with Crippen LogP contribution in [0.15, 0.2) is 29.3 Å². The van der Waals surface area contributed by atoms with Crippen molar-refractivity contribution >= 4 is 50.2 Å². The first-order valence-electron chi connectivity index (χ1n) is 8.03. The monoisotopic (exact) mass is 432 g/mol. The van der Waals surface area contributed by atoms with Crippen LogP contribution in [-0.2, 0) is 30.7 Å². The number of carboxylic acid groups (broad SMARTS) is 1. The van der Waals surface area contributed by atoms with E-state index >= 15 is 0 Å². The maximum Gasteiger partial charge on any atom is 0.329 e. The van der Waals surface area contributed by atoms with Crippen LogP contribution in [0.2, 0.25) is 5.02 Å². The molecule has 2 aliphatic heterocycles. The predicted molar refractivity (Wildman–Crippen MR) is 102 cm³/mol. The van der Waals surface area contributed by atoms with E-state index in [9.17, 15) is 18.0 Å². The molecule has 0 aliphatic carbocycles. The lowest BCUT2D eigenvalue weighted by Gasteiger charge is -2.24. The quantitative estimate of drug-likeness (QED) is 0.709. The van der Waals surface area contributed by atoms with Gasteiger partial charge in [0.2, 0.25) is 0 Å². The first kappa shape index (κ1) is 20.1. The molecule has 2 heterocycles. The van der Waals surface area contributed by atoms with Crippen LogP contribution in [0.25, 0.3) is 0 Å². The Morgan fingerprint density at radius 1 is 1.30 bits per heavy atom. The molecular formula is C16H17ClN2O6S2. The third-order valence-corrected chi connectivity index (χ3v) is 7.76. The normalized spacial score (nSPS) is 24.9. The Hall–Kier alpha value is -1.62. The van der Waals surface area contributed by atoms with E-state index in [1.165, 1.54) is 11.8 Å². The number of rotatable bonds is 6. The van der Waals surface area contributed by atoms with Gasteiger partial charge >= 0.3 is 5.97 Å². The number of hydrogen-bond donors (Lipinski definition) is 1. The number of fused-ring (bicyclic) bond motifs is 1. The molecule has 11 heteroatoms. The van der Waals surface area contributed by atoms with Crippen molar-refractivity contribution in [2.24, 2.45) is 4.99 Å². The zero-order chi connectivity index (χ0) is 19.6. The van der Waals surface area contributed by atoms with Crippen molar-refractivity contribution in [3.05, 3.63) is 34.9 Å². The topological polar surface area (TPSA) is 113 Å². The molecule has 0 aromatic heterocycles. The summed E-state index contributed by atoms with van der Waals surface area (Å²) >= 11 is 7.46. The molecule has 0 bridgehead atoms. The largest absolute Gasteiger partial charge is 0.480 e. The standard InChI is InChI=1S/C16H17ClN2O6S2/c17-11-4-2-1-3-10(11)5-19-12-8-27(23,24)9-13(12)26-16(19)18-14(20)6-25-7-15(21)22/h1-4,12-13H,5-9H2,(H,21,22)/t12-,13+/m0/s1. The zero-order valence-corrected chi connectivity index (χ0v) is 16.5. The Balaban J connectivity index is 1.79. The van der Waals surface area contributed by atoms with Crippen molar-refractivity contribution in [1.29, 1.82) is 0 Å². The number of carbonyl (C=O) groups is 2. The molecule has 27 heavy (non-hydrogen) atoms. The van der Waals surface area contributed by atoms with E-state index in [1.807, 2.05) is 12.1 Å². The fourth-order valence-electron chi connectivity index (χ4n) is 3.00. The maximum atomic E-state index is 12.0. The molecule has 1 aromatic rings. The van der Waals surface area contributed by atoms with Gasteiger partial charge in [-0.3, -0.25) is 4.79 Å². The van der Waals surface area contributed by atoms with Gasteiger partial charge in [-0.1, -0.05) is 41.6 Å². The number of carbonyl (C=O) groups excluding carboxylic acids is 1. The van der Waals surface area contributed by atoms with Gasteiger partial charge in [0.25, 0.3) is 5.91 Å². The number of amidine groups is 1. The number of sulfone groups is 1. The average Bonchev–Trinajstić information content (AvgIpc) is 3.01. The Morgan fingerprint density at radius 3 is 2.74 bits per heavy atom. The molecule has 0 saturated carbocycles. The Kier molecular flexibility index (Phi) is 6.09. The van der Waals surface area contributed by atoms with Gasteiger partial charge in [-0.25, -0.2) is 13.2 Å². The summed E-state index contributed by atoms with van der Waals surface area (Å²) in [5.74, 6) is -1.77. The van der Waals surface area contributed by atoms with Gasteiger partial charge in [-0.15, -0.1) is 0 Å². The summed E-state index contributed by atoms with van der Waals surface area (Å²) in [4.78, 5) is 28.3. The number of halogens is 1. The van der Waals surface area contributed by atoms with Crippen molar-refractivity contribution < 1.29 is 27.9 Å². The molecule has 3 rings (SSSR count). The fourth-order valence-corrected chi connectivity index (χ4v) is 7.16. The van der Waals surface area contributed by atoms with Gasteiger partial charge < -0.3 is 14.7 Å². The van der Waals surface area contributed by atoms with Crippen LogP contribution >= 0.6 is 23.4 Å². The summed E-state index contributed by atoms with van der Waals surface area (Å²) in [6.45, 7) is -0.716. The van der Waals surface area contributed by atoms with Crippen LogP contribution in [0.5, 0.6) is 0 Å². The highest BCUT2D eigenvalue weighted by Gasteiger charge is 2.48. The van der Waals surface area contributed by atoms with Crippen LogP contribution in [0, 0.1) is 0 Å². The van der Waals surface area contributed by atoms with E-state index < -0.39 is 34.9 Å². The van der Waals surface area contributed by atoms with Gasteiger partial charge in [-0.2, -0.15) is 4.99 Å². The zero-order valence-electron chi connectivity index (χ0n) is 14.1. The van der Waals surface area contributed by atoms with E-state index in [0.717, 1.165) is 5.56 Å². The van der Waals surface area contributed by atoms with Crippen LogP contribution in [-0.4, -0.2) is 71.5 Å². The van der Waals surface area contributed by atoms with Crippen molar-refractivity contribution in [3.8, 4) is 0 Å². The smallest absolute Gasteiger partial charge is 0.329 e. The number of carboxylic acids is 1. The van der Waals surface area contributed by atoms with Crippen molar-refractivity contribution in [2.45, 2.75) is 17.8 Å². The molecule has 1 amide bonds. The first-order chi connectivity index (χ1) is 12.7. The van der Waals surface area contributed by atoms with E-state index in [-0.39, 0.29) is 22.8 Å². The van der Waals surface area contributed by atoms with Crippen molar-refractivity contribution in [2.75, 3.05) is 24.7 Å². The van der Waals surface area contributed by atoms with Gasteiger partial charge in [0.1, 0.15) is 13.2 Å². The number of aliphatic imine (C=N–C) groups is 1. The molecular weight excluding hydrogens is 416 g/mol. The van der Waals surface area contributed by atoms with Crippen LogP contribution in [0.1, 0.15) is 5.56 Å². The number of aliphatic carboxylic acids is 1. The number of ether oxygens (including phenoxy) is 1. The lowest BCUT2D eigenvalue weighted by molar-refractivity contribution is -0.143. The molecule has 0 radical (unpaired) electrons. The van der Waals surface area contributed by atoms with Crippen LogP contribution in [0.3, 0.4) is 0 Å². The van der Waals surface area contributed by atoms with Gasteiger partial charge in [0, 0.05) is 16.8 Å². The Labute approximate surface area is 165 Å². The minimum Gasteiger partial charge on any atom is -0.480 e. The lowest BCUT2D eigenvalue weighted by atomic mass is 10.1. The summed E-state index contributed by atoms with van der Waals surface area (Å²) in [7, 11) is -3.14. The molecule has 2 fully saturated rings. The molecule has 0 spiro atoms. The SMILES string of the molecule is O=C(O)COCC(=O)N=C1S[C@@H]2CS(=O)(=O)C[C@@H]2N1Cc1ccccc1Cl. The molecule has 8 nitrogen and oxygen atoms in total. The highest BCUT2D eigenvalue weighted by molar-refractivity contribution is 8.15. The molecule has 146 valence electrons. The number of nitrogens with zero attached hydrogens (tertiary/aromatic N) is 2. The lowest BCUT2D eigenvalue weighted by Crippen LogP contribution is -2.37. The van der Waals surface area contributed by atoms with E-state index in [2.05, 4.69) is 4.99 Å². The van der Waals surface area contributed by atoms with E-state index in [1.54, 1.807) is 17.0 Å². The summed E-state index contributed by atoms with van der Waals surface area (Å²) < 4.78 is 28.8. The summed E-state index contributed by atoms with van der Waals surface area (Å²) in [6.07, 6.45) is 0. The number of benzene rings is 1. The number of thioether (sulfide) groups is 1. The second-order valence-electron chi connectivity index (χ2n) is 6.19. The minimum absolute atomic E-state index is 0.00214. The Morgan fingerprint density at radius 2 is 2.04 bits per heavy atom. The fraction of sp³-hybridized carbons (Fsp3) is 0.438. The molecule has 2 aliphatic rings. The second-order valence-corrected chi connectivity index (χ2v) is 9.96. The maximum absolute atomic E-state index is 12.0. The van der Waals surface area contributed by atoms with E-state index in [0.29, 0.717) is 16.7 Å². The van der Waals surface area contributed by atoms with Gasteiger partial charge in [0.15, 0.2) is 15.0 Å². The summed E-state index contributed by atoms with van der Waals surface area (Å²) in [5.41, 5.74) is 0.798. The summed E-state index contributed by atoms with van der Waals surface area (Å²) in [6, 6.07) is 6.91. The molecule has 2 saturated heterocycles. The highest BCUT2D eigenvalue weighted by atomic mass is 35.5. The first-order valence-corrected chi connectivity index (χ1v) is 11.1. The molecule has 1 N–H and O–H groups in total. The van der Waals surface area contributed by atoms with Crippen molar-refractivity contribution in [3.63, 3.8) is 0 Å². The third-order valence-electron chi connectivity index (χ3n) is 4.14. The van der Waals surface area contributed by atoms with Crippen molar-refractivity contribution in [1.82, 2.24) is 4.90 Å². The molecule has 1 aromatic carbocycles. The van der Waals surface area contributed by atoms with Gasteiger partial charge in [-0.05, 0) is 11.6 Å². The van der Waals surface area contributed by atoms with Crippen LogP contribution < -0.4 is 0 Å². The average molecular weight is 433 g/mol. The molecule has 0 unspecified atom stereocenters. The number of hydrogen-bond acceptors (Lipinski definition) is 6. The minimum atomic E-state index is -3.14. The summed E-state index contributed by atoms with van der Waals surface area (Å²) in [5, 5.41) is 9.29. The van der Waals surface area contributed by atoms with Crippen LogP contribution in [0.4, 0.5) is 0 Å². The van der Waals surface area contributed by atoms with Gasteiger partial charge in [0.05, 0.1) is 17.5 Å². The third kappa shape index (κ3) is 5.01. The number of amides is 1. The Bertz CT molecular complexity index is 889. The van der Waals surface area contributed by atoms with E-state index in [4.69, 9.17) is 21.4 Å². The second kappa shape index (κ2) is 8.17. The highest BCUT2D eigenvalue weighted by Crippen LogP contribution is 2.39. The molecule has 2 atom stereocenters.